The maximum Gasteiger partial charge on any atom is 0.256 e. The number of ether oxygens (including phenoxy) is 2. The fourth-order valence-corrected chi connectivity index (χ4v) is 4.67. The van der Waals surface area contributed by atoms with Crippen LogP contribution in [0.2, 0.25) is 0 Å². The molecule has 1 aliphatic heterocycles. The van der Waals surface area contributed by atoms with E-state index in [0.29, 0.717) is 23.6 Å². The summed E-state index contributed by atoms with van der Waals surface area (Å²) in [6.07, 6.45) is 2.26. The van der Waals surface area contributed by atoms with Gasteiger partial charge in [0.05, 0.1) is 17.4 Å². The van der Waals surface area contributed by atoms with Crippen molar-refractivity contribution < 1.29 is 18.8 Å². The number of aryl methyl sites for hydroxylation is 2. The fraction of sp³-hybridized carbons (Fsp3) is 0.333. The molecule has 0 saturated carbocycles. The number of thioether (sulfide) groups is 1. The number of carbonyl (C=O) groups is 1. The fourth-order valence-electron chi connectivity index (χ4n) is 3.46. The summed E-state index contributed by atoms with van der Waals surface area (Å²) in [5.74, 6) is 2.07. The second kappa shape index (κ2) is 10.0. The Bertz CT molecular complexity index is 1020. The summed E-state index contributed by atoms with van der Waals surface area (Å²) in [5.41, 5.74) is 3.27. The first-order valence-electron chi connectivity index (χ1n) is 10.4. The van der Waals surface area contributed by atoms with E-state index < -0.39 is 0 Å². The first-order chi connectivity index (χ1) is 15.1. The van der Waals surface area contributed by atoms with Crippen LogP contribution in [0.5, 0.6) is 5.75 Å². The minimum Gasteiger partial charge on any atom is -0.491 e. The molecule has 6 nitrogen and oxygen atoms in total. The number of hydrogen-bond donors (Lipinski definition) is 1. The summed E-state index contributed by atoms with van der Waals surface area (Å²) in [7, 11) is 0. The van der Waals surface area contributed by atoms with Gasteiger partial charge in [-0.3, -0.25) is 4.79 Å². The third kappa shape index (κ3) is 5.48. The topological polar surface area (TPSA) is 73.6 Å². The Kier molecular flexibility index (Phi) is 6.94. The van der Waals surface area contributed by atoms with Crippen molar-refractivity contribution in [3.8, 4) is 5.75 Å². The van der Waals surface area contributed by atoms with Crippen LogP contribution in [0.25, 0.3) is 0 Å². The van der Waals surface area contributed by atoms with Crippen molar-refractivity contribution in [3.63, 3.8) is 0 Å². The lowest BCUT2D eigenvalue weighted by atomic mass is 10.2. The van der Waals surface area contributed by atoms with E-state index in [1.54, 1.807) is 11.8 Å². The molecular formula is C24H26N2O4S. The standard InChI is InChI=1S/C24H26N2O4S/c1-16-22(17(2)30-26-16)15-31-23-11-4-3-10-21(23)24(27)25-18-7-5-8-19(13-18)29-14-20-9-6-12-28-20/h3-5,7-8,10-11,13,20H,6,9,12,14-15H2,1-2H3,(H,25,27). The predicted octanol–water partition coefficient (Wildman–Crippen LogP) is 5.39. The van der Waals surface area contributed by atoms with E-state index in [1.165, 1.54) is 0 Å². The average molecular weight is 439 g/mol. The molecule has 0 spiro atoms. The van der Waals surface area contributed by atoms with Gasteiger partial charge in [-0.25, -0.2) is 0 Å². The van der Waals surface area contributed by atoms with E-state index in [4.69, 9.17) is 14.0 Å². The van der Waals surface area contributed by atoms with Gasteiger partial charge in [-0.15, -0.1) is 11.8 Å². The van der Waals surface area contributed by atoms with Gasteiger partial charge in [-0.05, 0) is 51.0 Å². The van der Waals surface area contributed by atoms with Crippen molar-refractivity contribution in [1.29, 1.82) is 0 Å². The zero-order valence-electron chi connectivity index (χ0n) is 17.7. The molecule has 1 unspecified atom stereocenters. The van der Waals surface area contributed by atoms with Crippen molar-refractivity contribution in [2.75, 3.05) is 18.5 Å². The van der Waals surface area contributed by atoms with Crippen LogP contribution < -0.4 is 10.1 Å². The number of nitrogens with zero attached hydrogens (tertiary/aromatic N) is 1. The van der Waals surface area contributed by atoms with Gasteiger partial charge >= 0.3 is 0 Å². The maximum absolute atomic E-state index is 13.0. The Morgan fingerprint density at radius 1 is 1.23 bits per heavy atom. The van der Waals surface area contributed by atoms with E-state index >= 15 is 0 Å². The minimum absolute atomic E-state index is 0.153. The molecule has 1 saturated heterocycles. The van der Waals surface area contributed by atoms with E-state index in [-0.39, 0.29) is 12.0 Å². The second-order valence-corrected chi connectivity index (χ2v) is 8.53. The second-order valence-electron chi connectivity index (χ2n) is 7.52. The van der Waals surface area contributed by atoms with Gasteiger partial charge in [0.25, 0.3) is 5.91 Å². The lowest BCUT2D eigenvalue weighted by Crippen LogP contribution is -2.16. The number of benzene rings is 2. The number of anilines is 1. The van der Waals surface area contributed by atoms with Crippen molar-refractivity contribution in [2.45, 2.75) is 43.4 Å². The molecule has 1 atom stereocenters. The molecule has 7 heteroatoms. The van der Waals surface area contributed by atoms with Crippen LogP contribution in [0.3, 0.4) is 0 Å². The van der Waals surface area contributed by atoms with Crippen LogP contribution in [0.4, 0.5) is 5.69 Å². The summed E-state index contributed by atoms with van der Waals surface area (Å²) in [6.45, 7) is 5.16. The molecule has 1 amide bonds. The quantitative estimate of drug-likeness (QED) is 0.475. The average Bonchev–Trinajstić information content (AvgIpc) is 3.41. The SMILES string of the molecule is Cc1noc(C)c1CSc1ccccc1C(=O)Nc1cccc(OCC2CCCO2)c1. The Hall–Kier alpha value is -2.77. The highest BCUT2D eigenvalue weighted by atomic mass is 32.2. The third-order valence-corrected chi connectivity index (χ3v) is 6.34. The summed E-state index contributed by atoms with van der Waals surface area (Å²) in [4.78, 5) is 13.9. The van der Waals surface area contributed by atoms with E-state index in [1.807, 2.05) is 62.4 Å². The largest absolute Gasteiger partial charge is 0.491 e. The highest BCUT2D eigenvalue weighted by Gasteiger charge is 2.17. The van der Waals surface area contributed by atoms with Gasteiger partial charge in [0, 0.05) is 34.6 Å². The highest BCUT2D eigenvalue weighted by Crippen LogP contribution is 2.29. The molecule has 4 rings (SSSR count). The third-order valence-electron chi connectivity index (χ3n) is 5.24. The Balaban J connectivity index is 1.41. The normalized spacial score (nSPS) is 15.7. The predicted molar refractivity (Wildman–Crippen MR) is 121 cm³/mol. The van der Waals surface area contributed by atoms with Crippen LogP contribution in [0, 0.1) is 13.8 Å². The Morgan fingerprint density at radius 3 is 2.87 bits per heavy atom. The molecule has 162 valence electrons. The monoisotopic (exact) mass is 438 g/mol. The first-order valence-corrected chi connectivity index (χ1v) is 11.4. The highest BCUT2D eigenvalue weighted by molar-refractivity contribution is 7.98. The molecule has 3 aromatic rings. The summed E-state index contributed by atoms with van der Waals surface area (Å²) in [5, 5.41) is 6.99. The lowest BCUT2D eigenvalue weighted by molar-refractivity contribution is 0.0680. The van der Waals surface area contributed by atoms with Crippen LogP contribution in [0.15, 0.2) is 57.9 Å². The molecular weight excluding hydrogens is 412 g/mol. The molecule has 1 fully saturated rings. The zero-order chi connectivity index (χ0) is 21.6. The molecule has 1 aromatic heterocycles. The number of aromatic nitrogens is 1. The molecule has 31 heavy (non-hydrogen) atoms. The van der Waals surface area contributed by atoms with E-state index in [2.05, 4.69) is 10.5 Å². The number of hydrogen-bond acceptors (Lipinski definition) is 6. The summed E-state index contributed by atoms with van der Waals surface area (Å²) in [6, 6.07) is 15.1. The molecule has 1 N–H and O–H groups in total. The van der Waals surface area contributed by atoms with Gasteiger partial charge in [-0.1, -0.05) is 23.4 Å². The summed E-state index contributed by atoms with van der Waals surface area (Å²) >= 11 is 1.60. The first kappa shape index (κ1) is 21.5. The van der Waals surface area contributed by atoms with Crippen LogP contribution >= 0.6 is 11.8 Å². The number of amides is 1. The van der Waals surface area contributed by atoms with Gasteiger partial charge < -0.3 is 19.3 Å². The van der Waals surface area contributed by atoms with Gasteiger partial charge in [-0.2, -0.15) is 0 Å². The molecule has 0 bridgehead atoms. The van der Waals surface area contributed by atoms with Crippen LogP contribution in [-0.2, 0) is 10.5 Å². The Morgan fingerprint density at radius 2 is 2.10 bits per heavy atom. The number of carbonyl (C=O) groups excluding carboxylic acids is 1. The number of rotatable bonds is 8. The minimum atomic E-state index is -0.155. The molecule has 2 heterocycles. The van der Waals surface area contributed by atoms with Crippen molar-refractivity contribution >= 4 is 23.4 Å². The Labute approximate surface area is 186 Å². The molecule has 1 aliphatic rings. The molecule has 2 aromatic carbocycles. The maximum atomic E-state index is 13.0. The van der Waals surface area contributed by atoms with Crippen molar-refractivity contribution in [1.82, 2.24) is 5.16 Å². The van der Waals surface area contributed by atoms with Gasteiger partial charge in [0.1, 0.15) is 18.1 Å². The van der Waals surface area contributed by atoms with Crippen LogP contribution in [0.1, 0.15) is 40.2 Å². The van der Waals surface area contributed by atoms with Gasteiger partial charge in [0.15, 0.2) is 0 Å². The molecule has 0 aliphatic carbocycles. The summed E-state index contributed by atoms with van der Waals surface area (Å²) < 4.78 is 16.7. The lowest BCUT2D eigenvalue weighted by Gasteiger charge is -2.13. The van der Waals surface area contributed by atoms with Gasteiger partial charge in [0.2, 0.25) is 0 Å². The van der Waals surface area contributed by atoms with Crippen molar-refractivity contribution in [2.24, 2.45) is 0 Å². The van der Waals surface area contributed by atoms with E-state index in [0.717, 1.165) is 47.1 Å². The zero-order valence-corrected chi connectivity index (χ0v) is 18.5. The smallest absolute Gasteiger partial charge is 0.256 e. The molecule has 0 radical (unpaired) electrons. The van der Waals surface area contributed by atoms with Crippen molar-refractivity contribution in [3.05, 3.63) is 71.1 Å². The van der Waals surface area contributed by atoms with Crippen LogP contribution in [-0.4, -0.2) is 30.4 Å². The van der Waals surface area contributed by atoms with E-state index in [9.17, 15) is 4.79 Å². The number of nitrogens with one attached hydrogen (secondary N) is 1.